The predicted octanol–water partition coefficient (Wildman–Crippen LogP) is 1.70. The van der Waals surface area contributed by atoms with E-state index in [9.17, 15) is 14.6 Å². The van der Waals surface area contributed by atoms with Gasteiger partial charge in [-0.1, -0.05) is 6.07 Å². The molecule has 0 spiro atoms. The molecule has 1 aliphatic heterocycles. The van der Waals surface area contributed by atoms with Gasteiger partial charge in [0.1, 0.15) is 35.1 Å². The molecule has 7 nitrogen and oxygen atoms in total. The number of aliphatic hydroxyl groups is 2. The van der Waals surface area contributed by atoms with E-state index in [1.807, 2.05) is 13.1 Å². The largest absolute Gasteiger partial charge is 0.394 e. The van der Waals surface area contributed by atoms with Crippen molar-refractivity contribution in [1.29, 1.82) is 5.41 Å². The molecule has 3 aromatic rings. The molecular weight excluding hydrogens is 351 g/mol. The van der Waals surface area contributed by atoms with Gasteiger partial charge in [-0.3, -0.25) is 9.98 Å². The van der Waals surface area contributed by atoms with Crippen molar-refractivity contribution in [2.24, 2.45) is 0 Å². The summed E-state index contributed by atoms with van der Waals surface area (Å²) in [4.78, 5) is 4.64. The minimum Gasteiger partial charge on any atom is -0.394 e. The van der Waals surface area contributed by atoms with Crippen molar-refractivity contribution in [3.8, 4) is 5.69 Å². The minimum absolute atomic E-state index is 0.205. The molecule has 0 unspecified atom stereocenters. The SMILES string of the molecule is Cc1cn([C@H]2C[C@H](O)[C@@H](CO)O2)c2nc(C)n(-c3cccc(F)c3)c(=N)c12. The third-order valence-electron chi connectivity index (χ3n) is 5.01. The number of aryl methyl sites for hydroxylation is 2. The number of benzene rings is 1. The number of aromatic nitrogens is 3. The fourth-order valence-electron chi connectivity index (χ4n) is 3.72. The zero-order valence-corrected chi connectivity index (χ0v) is 15.1. The van der Waals surface area contributed by atoms with Crippen LogP contribution in [0.5, 0.6) is 0 Å². The predicted molar refractivity (Wildman–Crippen MR) is 96.0 cm³/mol. The highest BCUT2D eigenvalue weighted by Gasteiger charge is 2.35. The Kier molecular flexibility index (Phi) is 4.33. The second-order valence-corrected chi connectivity index (χ2v) is 6.86. The van der Waals surface area contributed by atoms with Crippen LogP contribution in [0.4, 0.5) is 4.39 Å². The molecular formula is C19H21FN4O3. The molecule has 1 aliphatic rings. The number of hydrogen-bond acceptors (Lipinski definition) is 5. The fourth-order valence-corrected chi connectivity index (χ4v) is 3.72. The molecule has 3 heterocycles. The topological polar surface area (TPSA) is 96.3 Å². The van der Waals surface area contributed by atoms with Crippen molar-refractivity contribution < 1.29 is 19.3 Å². The van der Waals surface area contributed by atoms with Crippen LogP contribution in [-0.2, 0) is 4.74 Å². The number of halogens is 1. The number of nitrogens with one attached hydrogen (secondary N) is 1. The molecule has 4 rings (SSSR count). The van der Waals surface area contributed by atoms with E-state index in [2.05, 4.69) is 4.98 Å². The van der Waals surface area contributed by atoms with Gasteiger partial charge in [-0.2, -0.15) is 0 Å². The summed E-state index contributed by atoms with van der Waals surface area (Å²) < 4.78 is 22.8. The van der Waals surface area contributed by atoms with Crippen LogP contribution in [0.25, 0.3) is 16.7 Å². The lowest BCUT2D eigenvalue weighted by molar-refractivity contribution is -0.0430. The first-order valence-corrected chi connectivity index (χ1v) is 8.76. The quantitative estimate of drug-likeness (QED) is 0.652. The summed E-state index contributed by atoms with van der Waals surface area (Å²) in [5.74, 6) is 0.159. The van der Waals surface area contributed by atoms with Crippen molar-refractivity contribution in [2.45, 2.75) is 38.7 Å². The summed E-state index contributed by atoms with van der Waals surface area (Å²) >= 11 is 0. The lowest BCUT2D eigenvalue weighted by Gasteiger charge is -2.16. The highest BCUT2D eigenvalue weighted by atomic mass is 19.1. The van der Waals surface area contributed by atoms with Gasteiger partial charge < -0.3 is 19.5 Å². The van der Waals surface area contributed by atoms with E-state index in [1.165, 1.54) is 12.1 Å². The van der Waals surface area contributed by atoms with E-state index in [0.717, 1.165) is 5.56 Å². The maximum absolute atomic E-state index is 13.7. The first-order chi connectivity index (χ1) is 12.9. The number of hydrogen-bond donors (Lipinski definition) is 3. The van der Waals surface area contributed by atoms with Gasteiger partial charge in [0.05, 0.1) is 23.8 Å². The van der Waals surface area contributed by atoms with Gasteiger partial charge in [-0.05, 0) is 37.6 Å². The first kappa shape index (κ1) is 17.8. The molecule has 27 heavy (non-hydrogen) atoms. The molecule has 3 N–H and O–H groups in total. The summed E-state index contributed by atoms with van der Waals surface area (Å²) in [6.07, 6.45) is 0.314. The van der Waals surface area contributed by atoms with E-state index < -0.39 is 18.4 Å². The third-order valence-corrected chi connectivity index (χ3v) is 5.01. The number of nitrogens with zero attached hydrogens (tertiary/aromatic N) is 3. The van der Waals surface area contributed by atoms with Gasteiger partial charge in [0, 0.05) is 12.6 Å². The second-order valence-electron chi connectivity index (χ2n) is 6.86. The van der Waals surface area contributed by atoms with Crippen LogP contribution in [-0.4, -0.2) is 43.1 Å². The summed E-state index contributed by atoms with van der Waals surface area (Å²) in [6, 6.07) is 6.06. The molecule has 0 amide bonds. The van der Waals surface area contributed by atoms with E-state index in [4.69, 9.17) is 10.1 Å². The summed E-state index contributed by atoms with van der Waals surface area (Å²) in [7, 11) is 0. The number of aliphatic hydroxyl groups excluding tert-OH is 2. The lowest BCUT2D eigenvalue weighted by Crippen LogP contribution is -2.24. The summed E-state index contributed by atoms with van der Waals surface area (Å²) in [6.45, 7) is 3.38. The Bertz CT molecular complexity index is 1070. The minimum atomic E-state index is -0.754. The summed E-state index contributed by atoms with van der Waals surface area (Å²) in [5.41, 5.74) is 2.14. The van der Waals surface area contributed by atoms with Crippen LogP contribution in [0.3, 0.4) is 0 Å². The molecule has 8 heteroatoms. The van der Waals surface area contributed by atoms with Crippen molar-refractivity contribution in [2.75, 3.05) is 6.61 Å². The lowest BCUT2D eigenvalue weighted by atomic mass is 10.2. The Labute approximate surface area is 154 Å². The van der Waals surface area contributed by atoms with Gasteiger partial charge >= 0.3 is 0 Å². The van der Waals surface area contributed by atoms with Gasteiger partial charge in [0.15, 0.2) is 0 Å². The Hall–Kier alpha value is -2.55. The van der Waals surface area contributed by atoms with Crippen LogP contribution in [0.15, 0.2) is 30.5 Å². The molecule has 0 saturated carbocycles. The van der Waals surface area contributed by atoms with Crippen LogP contribution >= 0.6 is 0 Å². The molecule has 3 atom stereocenters. The Morgan fingerprint density at radius 1 is 1.37 bits per heavy atom. The molecule has 1 fully saturated rings. The van der Waals surface area contributed by atoms with Gasteiger partial charge in [-0.15, -0.1) is 0 Å². The van der Waals surface area contributed by atoms with E-state index in [0.29, 0.717) is 29.0 Å². The van der Waals surface area contributed by atoms with Crippen LogP contribution < -0.4 is 5.49 Å². The van der Waals surface area contributed by atoms with Crippen molar-refractivity contribution >= 4 is 11.0 Å². The van der Waals surface area contributed by atoms with E-state index in [1.54, 1.807) is 28.2 Å². The molecule has 1 saturated heterocycles. The maximum atomic E-state index is 13.7. The highest BCUT2D eigenvalue weighted by Crippen LogP contribution is 2.32. The maximum Gasteiger partial charge on any atom is 0.148 e. The standard InChI is InChI=1S/C19H21FN4O3/c1-10-8-23(16-7-14(26)15(9-25)27-16)19-17(10)18(21)24(11(2)22-19)13-5-3-4-12(20)6-13/h3-6,8,14-16,21,25-26H,7,9H2,1-2H3/t14-,15+,16+/m0/s1. The molecule has 2 aromatic heterocycles. The fraction of sp³-hybridized carbons (Fsp3) is 0.368. The Balaban J connectivity index is 1.89. The summed E-state index contributed by atoms with van der Waals surface area (Å²) in [5, 5.41) is 28.7. The Morgan fingerprint density at radius 2 is 2.15 bits per heavy atom. The van der Waals surface area contributed by atoms with Crippen LogP contribution in [0.1, 0.15) is 24.0 Å². The first-order valence-electron chi connectivity index (χ1n) is 8.76. The average Bonchev–Trinajstić information content (AvgIpc) is 3.14. The van der Waals surface area contributed by atoms with Crippen molar-refractivity contribution in [1.82, 2.24) is 14.1 Å². The van der Waals surface area contributed by atoms with E-state index >= 15 is 0 Å². The van der Waals surface area contributed by atoms with Gasteiger partial charge in [0.25, 0.3) is 0 Å². The van der Waals surface area contributed by atoms with Gasteiger partial charge in [-0.25, -0.2) is 9.37 Å². The third kappa shape index (κ3) is 2.86. The second kappa shape index (κ2) is 6.56. The monoisotopic (exact) mass is 372 g/mol. The van der Waals surface area contributed by atoms with Crippen molar-refractivity contribution in [3.05, 3.63) is 53.2 Å². The molecule has 0 radical (unpaired) electrons. The Morgan fingerprint density at radius 3 is 2.81 bits per heavy atom. The molecule has 1 aromatic carbocycles. The van der Waals surface area contributed by atoms with Gasteiger partial charge in [0.2, 0.25) is 0 Å². The highest BCUT2D eigenvalue weighted by molar-refractivity contribution is 5.79. The number of rotatable bonds is 3. The van der Waals surface area contributed by atoms with E-state index in [-0.39, 0.29) is 17.9 Å². The number of fused-ring (bicyclic) bond motifs is 1. The zero-order chi connectivity index (χ0) is 19.3. The van der Waals surface area contributed by atoms with Crippen LogP contribution in [0, 0.1) is 25.1 Å². The molecule has 0 aliphatic carbocycles. The zero-order valence-electron chi connectivity index (χ0n) is 15.1. The van der Waals surface area contributed by atoms with Crippen LogP contribution in [0.2, 0.25) is 0 Å². The molecule has 142 valence electrons. The smallest absolute Gasteiger partial charge is 0.148 e. The molecule has 0 bridgehead atoms. The van der Waals surface area contributed by atoms with Crippen molar-refractivity contribution in [3.63, 3.8) is 0 Å². The normalized spacial score (nSPS) is 22.6. The number of ether oxygens (including phenoxy) is 1. The average molecular weight is 372 g/mol.